The van der Waals surface area contributed by atoms with Crippen LogP contribution in [0.4, 0.5) is 0 Å². The van der Waals surface area contributed by atoms with Gasteiger partial charge in [-0.15, -0.1) is 0 Å². The maximum Gasteiger partial charge on any atom is 0.242 e. The molecule has 2 aliphatic rings. The van der Waals surface area contributed by atoms with Crippen LogP contribution in [-0.2, 0) is 9.53 Å². The highest BCUT2D eigenvalue weighted by Crippen LogP contribution is 2.35. The Labute approximate surface area is 155 Å². The van der Waals surface area contributed by atoms with Crippen LogP contribution in [0.15, 0.2) is 60.7 Å². The van der Waals surface area contributed by atoms with E-state index in [0.717, 1.165) is 19.3 Å². The van der Waals surface area contributed by atoms with Crippen molar-refractivity contribution in [3.05, 3.63) is 71.8 Å². The lowest BCUT2D eigenvalue weighted by Gasteiger charge is -2.36. The zero-order chi connectivity index (χ0) is 18.0. The first kappa shape index (κ1) is 17.3. The highest BCUT2D eigenvalue weighted by Gasteiger charge is 2.48. The zero-order valence-electron chi connectivity index (χ0n) is 15.0. The molecule has 0 aromatic heterocycles. The fourth-order valence-corrected chi connectivity index (χ4v) is 3.81. The molecule has 0 spiro atoms. The second-order valence-electron chi connectivity index (χ2n) is 7.51. The van der Waals surface area contributed by atoms with E-state index in [2.05, 4.69) is 48.5 Å². The quantitative estimate of drug-likeness (QED) is 0.902. The number of carbonyl (C=O) groups is 1. The van der Waals surface area contributed by atoms with Crippen molar-refractivity contribution >= 4 is 5.91 Å². The molecule has 1 aliphatic carbocycles. The van der Waals surface area contributed by atoms with Gasteiger partial charge < -0.3 is 15.4 Å². The highest BCUT2D eigenvalue weighted by atomic mass is 16.5. The summed E-state index contributed by atoms with van der Waals surface area (Å²) in [5.41, 5.74) is 8.08. The summed E-state index contributed by atoms with van der Waals surface area (Å²) < 4.78 is 6.03. The van der Waals surface area contributed by atoms with Gasteiger partial charge in [0.15, 0.2) is 0 Å². The predicted octanol–water partition coefficient (Wildman–Crippen LogP) is 2.93. The molecule has 2 aromatic carbocycles. The average Bonchev–Trinajstić information content (AvgIpc) is 3.46. The summed E-state index contributed by atoms with van der Waals surface area (Å²) in [7, 11) is 0. The van der Waals surface area contributed by atoms with E-state index in [0.29, 0.717) is 19.7 Å². The van der Waals surface area contributed by atoms with Gasteiger partial charge in [0.2, 0.25) is 5.91 Å². The maximum atomic E-state index is 12.6. The number of hydrogen-bond donors (Lipinski definition) is 1. The third-order valence-corrected chi connectivity index (χ3v) is 5.54. The van der Waals surface area contributed by atoms with E-state index in [-0.39, 0.29) is 17.9 Å². The van der Waals surface area contributed by atoms with Crippen LogP contribution >= 0.6 is 0 Å². The van der Waals surface area contributed by atoms with Crippen LogP contribution in [0.25, 0.3) is 0 Å². The number of benzene rings is 2. The number of ether oxygens (including phenoxy) is 1. The van der Waals surface area contributed by atoms with E-state index >= 15 is 0 Å². The van der Waals surface area contributed by atoms with Gasteiger partial charge in [-0.25, -0.2) is 0 Å². The Morgan fingerprint density at radius 2 is 1.65 bits per heavy atom. The monoisotopic (exact) mass is 350 g/mol. The van der Waals surface area contributed by atoms with Crippen molar-refractivity contribution in [1.29, 1.82) is 0 Å². The second kappa shape index (κ2) is 7.22. The van der Waals surface area contributed by atoms with Crippen LogP contribution in [0.1, 0.15) is 36.3 Å². The van der Waals surface area contributed by atoms with Gasteiger partial charge in [0, 0.05) is 19.0 Å². The molecule has 2 fully saturated rings. The van der Waals surface area contributed by atoms with E-state index in [9.17, 15) is 4.79 Å². The Balaban J connectivity index is 1.51. The van der Waals surface area contributed by atoms with Crippen LogP contribution in [0.5, 0.6) is 0 Å². The molecule has 2 aromatic rings. The lowest BCUT2D eigenvalue weighted by atomic mass is 9.86. The summed E-state index contributed by atoms with van der Waals surface area (Å²) in [6, 6.07) is 21.1. The molecular formula is C22H26N2O2. The maximum absolute atomic E-state index is 12.6. The number of morpholine rings is 1. The SMILES string of the molecule is NC1(C(=O)N2CCOC(CC(c3ccccc3)c3ccccc3)C2)CC1. The predicted molar refractivity (Wildman–Crippen MR) is 102 cm³/mol. The number of amides is 1. The molecule has 1 saturated heterocycles. The van der Waals surface area contributed by atoms with Gasteiger partial charge in [-0.2, -0.15) is 0 Å². The molecule has 4 heteroatoms. The molecule has 0 bridgehead atoms. The van der Waals surface area contributed by atoms with Crippen molar-refractivity contribution in [3.63, 3.8) is 0 Å². The Hall–Kier alpha value is -2.17. The third-order valence-electron chi connectivity index (χ3n) is 5.54. The topological polar surface area (TPSA) is 55.6 Å². The van der Waals surface area contributed by atoms with Gasteiger partial charge in [-0.3, -0.25) is 4.79 Å². The summed E-state index contributed by atoms with van der Waals surface area (Å²) in [6.07, 6.45) is 2.50. The number of carbonyl (C=O) groups excluding carboxylic acids is 1. The Morgan fingerprint density at radius 1 is 1.08 bits per heavy atom. The lowest BCUT2D eigenvalue weighted by Crippen LogP contribution is -2.52. The van der Waals surface area contributed by atoms with Crippen molar-refractivity contribution in [1.82, 2.24) is 4.90 Å². The standard InChI is InChI=1S/C22H26N2O2/c23-22(11-12-22)21(25)24-13-14-26-19(16-24)15-20(17-7-3-1-4-8-17)18-9-5-2-6-10-18/h1-10,19-20H,11-16,23H2. The van der Waals surface area contributed by atoms with Gasteiger partial charge >= 0.3 is 0 Å². The van der Waals surface area contributed by atoms with Crippen molar-refractivity contribution in [3.8, 4) is 0 Å². The smallest absolute Gasteiger partial charge is 0.242 e. The van der Waals surface area contributed by atoms with Gasteiger partial charge in [0.1, 0.15) is 0 Å². The van der Waals surface area contributed by atoms with Crippen LogP contribution < -0.4 is 5.73 Å². The van der Waals surface area contributed by atoms with E-state index in [1.54, 1.807) is 0 Å². The molecule has 4 rings (SSSR count). The van der Waals surface area contributed by atoms with Crippen LogP contribution in [-0.4, -0.2) is 42.1 Å². The minimum absolute atomic E-state index is 0.0282. The molecule has 1 saturated carbocycles. The molecule has 1 atom stereocenters. The van der Waals surface area contributed by atoms with E-state index in [1.807, 2.05) is 17.0 Å². The number of nitrogens with zero attached hydrogens (tertiary/aromatic N) is 1. The van der Waals surface area contributed by atoms with Gasteiger partial charge in [0.05, 0.1) is 18.2 Å². The summed E-state index contributed by atoms with van der Waals surface area (Å²) in [4.78, 5) is 14.5. The molecule has 0 radical (unpaired) electrons. The molecule has 1 amide bonds. The minimum atomic E-state index is -0.597. The lowest BCUT2D eigenvalue weighted by molar-refractivity contribution is -0.141. The van der Waals surface area contributed by atoms with Gasteiger partial charge in [-0.05, 0) is 30.4 Å². The van der Waals surface area contributed by atoms with Crippen molar-refractivity contribution in [2.24, 2.45) is 5.73 Å². The van der Waals surface area contributed by atoms with Crippen molar-refractivity contribution in [2.45, 2.75) is 36.8 Å². The number of hydrogen-bond acceptors (Lipinski definition) is 3. The Bertz CT molecular complexity index is 704. The third kappa shape index (κ3) is 3.67. The van der Waals surface area contributed by atoms with Crippen molar-refractivity contribution < 1.29 is 9.53 Å². The molecular weight excluding hydrogens is 324 g/mol. The molecule has 26 heavy (non-hydrogen) atoms. The van der Waals surface area contributed by atoms with E-state index in [4.69, 9.17) is 10.5 Å². The summed E-state index contributed by atoms with van der Waals surface area (Å²) in [5, 5.41) is 0. The molecule has 4 nitrogen and oxygen atoms in total. The number of rotatable bonds is 5. The molecule has 136 valence electrons. The van der Waals surface area contributed by atoms with Gasteiger partial charge in [0.25, 0.3) is 0 Å². The molecule has 2 N–H and O–H groups in total. The van der Waals surface area contributed by atoms with Gasteiger partial charge in [-0.1, -0.05) is 60.7 Å². The Morgan fingerprint density at radius 3 is 2.19 bits per heavy atom. The Kier molecular flexibility index (Phi) is 4.79. The average molecular weight is 350 g/mol. The fourth-order valence-electron chi connectivity index (χ4n) is 3.81. The highest BCUT2D eigenvalue weighted by molar-refractivity contribution is 5.89. The first-order chi connectivity index (χ1) is 12.7. The normalized spacial score (nSPS) is 21.6. The molecule has 1 aliphatic heterocycles. The number of nitrogens with two attached hydrogens (primary N) is 1. The molecule has 1 unspecified atom stereocenters. The summed E-state index contributed by atoms with van der Waals surface area (Å²) in [6.45, 7) is 1.87. The second-order valence-corrected chi connectivity index (χ2v) is 7.51. The zero-order valence-corrected chi connectivity index (χ0v) is 15.0. The van der Waals surface area contributed by atoms with Crippen LogP contribution in [0.2, 0.25) is 0 Å². The van der Waals surface area contributed by atoms with E-state index in [1.165, 1.54) is 11.1 Å². The fraction of sp³-hybridized carbons (Fsp3) is 0.409. The molecule has 1 heterocycles. The first-order valence-electron chi connectivity index (χ1n) is 9.45. The minimum Gasteiger partial charge on any atom is -0.375 e. The van der Waals surface area contributed by atoms with E-state index < -0.39 is 5.54 Å². The van der Waals surface area contributed by atoms with Crippen LogP contribution in [0.3, 0.4) is 0 Å². The first-order valence-corrected chi connectivity index (χ1v) is 9.45. The van der Waals surface area contributed by atoms with Crippen molar-refractivity contribution in [2.75, 3.05) is 19.7 Å². The largest absolute Gasteiger partial charge is 0.375 e. The van der Waals surface area contributed by atoms with Crippen LogP contribution in [0, 0.1) is 0 Å². The summed E-state index contributed by atoms with van der Waals surface area (Å²) in [5.74, 6) is 0.354. The summed E-state index contributed by atoms with van der Waals surface area (Å²) >= 11 is 0.